The number of hydrogen-bond donors (Lipinski definition) is 2. The zero-order chi connectivity index (χ0) is 36.1. The van der Waals surface area contributed by atoms with Gasteiger partial charge in [0.25, 0.3) is 11.8 Å². The Balaban J connectivity index is 1.21. The molecule has 272 valence electrons. The molecule has 14 nitrogen and oxygen atoms in total. The van der Waals surface area contributed by atoms with Crippen molar-refractivity contribution < 1.29 is 41.4 Å². The maximum Gasteiger partial charge on any atom is 0.259 e. The van der Waals surface area contributed by atoms with Crippen molar-refractivity contribution in [3.63, 3.8) is 0 Å². The number of allylic oxidation sites excluding steroid dienone is 1. The minimum atomic E-state index is -3.85. The van der Waals surface area contributed by atoms with Crippen LogP contribution in [0, 0.1) is 19.8 Å². The average Bonchev–Trinajstić information content (AvgIpc) is 3.99. The first-order valence-corrected chi connectivity index (χ1v) is 19.0. The number of aryl methyl sites for hydroxylation is 2. The van der Waals surface area contributed by atoms with Crippen LogP contribution in [0.3, 0.4) is 0 Å². The molecule has 2 aliphatic heterocycles. The molecule has 0 radical (unpaired) electrons. The number of fused-ring (bicyclic) bond motifs is 3. The lowest BCUT2D eigenvalue weighted by atomic mass is 10.1. The summed E-state index contributed by atoms with van der Waals surface area (Å²) in [5.74, 6) is -0.501. The minimum Gasteiger partial charge on any atom is -0.496 e. The smallest absolute Gasteiger partial charge is 0.259 e. The number of nitrogens with zero attached hydrogens (tertiary/aromatic N) is 3. The number of methoxy groups -OCH3 is 1. The van der Waals surface area contributed by atoms with Gasteiger partial charge in [-0.3, -0.25) is 19.1 Å². The zero-order valence-corrected chi connectivity index (χ0v) is 30.0. The van der Waals surface area contributed by atoms with E-state index < -0.39 is 56.8 Å². The van der Waals surface area contributed by atoms with E-state index >= 15 is 0 Å². The van der Waals surface area contributed by atoms with Crippen LogP contribution in [-0.4, -0.2) is 90.3 Å². The average molecular weight is 722 g/mol. The van der Waals surface area contributed by atoms with Gasteiger partial charge in [0, 0.05) is 42.9 Å². The summed E-state index contributed by atoms with van der Waals surface area (Å²) in [4.78, 5) is 52.5. The van der Waals surface area contributed by atoms with Crippen LogP contribution in [0.4, 0.5) is 0 Å². The normalized spacial score (nSPS) is 27.8. The first-order chi connectivity index (χ1) is 24.4. The lowest BCUT2D eigenvalue weighted by molar-refractivity contribution is -0.147. The Hall–Kier alpha value is -4.50. The van der Waals surface area contributed by atoms with Crippen LogP contribution in [0.1, 0.15) is 63.3 Å². The molecular formula is C36H43N5O9S. The highest BCUT2D eigenvalue weighted by Crippen LogP contribution is 2.46. The third kappa shape index (κ3) is 6.93. The second kappa shape index (κ2) is 13.6. The van der Waals surface area contributed by atoms with Gasteiger partial charge in [0.15, 0.2) is 5.89 Å². The molecule has 3 aromatic rings. The Labute approximate surface area is 296 Å². The van der Waals surface area contributed by atoms with Crippen molar-refractivity contribution in [2.75, 3.05) is 20.3 Å². The van der Waals surface area contributed by atoms with Crippen molar-refractivity contribution in [3.8, 4) is 22.9 Å². The Bertz CT molecular complexity index is 2010. The molecule has 3 amide bonds. The second-order valence-corrected chi connectivity index (χ2v) is 15.9. The number of carbonyl (C=O) groups excluding carboxylic acids is 3. The summed E-state index contributed by atoms with van der Waals surface area (Å²) >= 11 is 0. The van der Waals surface area contributed by atoms with E-state index in [1.165, 1.54) is 11.2 Å². The van der Waals surface area contributed by atoms with Crippen LogP contribution in [0.2, 0.25) is 0 Å². The van der Waals surface area contributed by atoms with Crippen molar-refractivity contribution in [1.82, 2.24) is 24.9 Å². The minimum absolute atomic E-state index is 0.0700. The number of nitrogens with one attached hydrogen (secondary N) is 2. The van der Waals surface area contributed by atoms with Gasteiger partial charge in [0.05, 0.1) is 30.1 Å². The molecule has 2 aromatic heterocycles. The number of carbonyl (C=O) groups is 3. The number of rotatable bonds is 7. The van der Waals surface area contributed by atoms with Gasteiger partial charge < -0.3 is 28.8 Å². The van der Waals surface area contributed by atoms with Gasteiger partial charge in [-0.05, 0) is 64.5 Å². The van der Waals surface area contributed by atoms with Crippen LogP contribution < -0.4 is 19.5 Å². The Kier molecular flexibility index (Phi) is 9.29. The molecular weight excluding hydrogens is 678 g/mol. The number of amides is 3. The van der Waals surface area contributed by atoms with Crippen LogP contribution in [0.5, 0.6) is 11.5 Å². The van der Waals surface area contributed by atoms with Gasteiger partial charge >= 0.3 is 0 Å². The van der Waals surface area contributed by atoms with Gasteiger partial charge in [-0.1, -0.05) is 12.2 Å². The quantitative estimate of drug-likeness (QED) is 0.341. The van der Waals surface area contributed by atoms with E-state index in [1.807, 2.05) is 31.2 Å². The molecule has 5 atom stereocenters. The molecule has 3 fully saturated rings. The first-order valence-electron chi connectivity index (χ1n) is 17.4. The highest BCUT2D eigenvalue weighted by molar-refractivity contribution is 7.91. The molecule has 0 spiro atoms. The number of sulfonamides is 1. The molecule has 0 unspecified atom stereocenters. The SMILES string of the molecule is COc1ccc2c(O[C@@H]3C[C@H]4C(=O)N[C@]5(C(=O)NS(=O)(=O)C6CC6)C[C@H]5/C=C\CCCCO[C@H](C)C(=O)N4C3)cc(-c3coc(C)n3)nc2c1C. The molecule has 2 N–H and O–H groups in total. The molecule has 7 rings (SSSR count). The van der Waals surface area contributed by atoms with Crippen molar-refractivity contribution >= 4 is 38.6 Å². The molecule has 1 aromatic carbocycles. The van der Waals surface area contributed by atoms with Crippen molar-refractivity contribution in [2.24, 2.45) is 5.92 Å². The van der Waals surface area contributed by atoms with Gasteiger partial charge in [0.1, 0.15) is 47.2 Å². The zero-order valence-electron chi connectivity index (χ0n) is 29.1. The van der Waals surface area contributed by atoms with Crippen molar-refractivity contribution in [2.45, 2.75) is 94.8 Å². The lowest BCUT2D eigenvalue weighted by Gasteiger charge is -2.28. The molecule has 51 heavy (non-hydrogen) atoms. The van der Waals surface area contributed by atoms with Crippen LogP contribution in [-0.2, 0) is 29.1 Å². The van der Waals surface area contributed by atoms with E-state index in [2.05, 4.69) is 15.0 Å². The van der Waals surface area contributed by atoms with Crippen molar-refractivity contribution in [1.29, 1.82) is 0 Å². The number of hydrogen-bond acceptors (Lipinski definition) is 11. The first kappa shape index (κ1) is 34.9. The Morgan fingerprint density at radius 3 is 2.65 bits per heavy atom. The number of ether oxygens (including phenoxy) is 3. The molecule has 15 heteroatoms. The summed E-state index contributed by atoms with van der Waals surface area (Å²) in [5.41, 5.74) is 1.00. The number of aromatic nitrogens is 2. The molecule has 2 saturated carbocycles. The third-order valence-electron chi connectivity index (χ3n) is 10.2. The number of pyridine rings is 1. The molecule has 0 bridgehead atoms. The number of oxazole rings is 1. The summed E-state index contributed by atoms with van der Waals surface area (Å²) in [6.07, 6.45) is 7.46. The summed E-state index contributed by atoms with van der Waals surface area (Å²) < 4.78 is 51.3. The molecule has 4 heterocycles. The molecule has 4 aliphatic rings. The lowest BCUT2D eigenvalue weighted by Crippen LogP contribution is -2.57. The van der Waals surface area contributed by atoms with E-state index in [0.29, 0.717) is 59.1 Å². The van der Waals surface area contributed by atoms with Crippen LogP contribution >= 0.6 is 0 Å². The van der Waals surface area contributed by atoms with E-state index in [0.717, 1.165) is 24.8 Å². The predicted molar refractivity (Wildman–Crippen MR) is 185 cm³/mol. The second-order valence-electron chi connectivity index (χ2n) is 13.9. The maximum absolute atomic E-state index is 14.2. The van der Waals surface area contributed by atoms with Gasteiger partial charge in [-0.2, -0.15) is 0 Å². The molecule has 2 aliphatic carbocycles. The van der Waals surface area contributed by atoms with E-state index in [-0.39, 0.29) is 25.3 Å². The topological polar surface area (TPSA) is 179 Å². The van der Waals surface area contributed by atoms with E-state index in [9.17, 15) is 22.8 Å². The highest BCUT2D eigenvalue weighted by atomic mass is 32.2. The van der Waals surface area contributed by atoms with E-state index in [4.69, 9.17) is 23.6 Å². The Morgan fingerprint density at radius 2 is 1.92 bits per heavy atom. The van der Waals surface area contributed by atoms with Crippen LogP contribution in [0.15, 0.2) is 41.0 Å². The van der Waals surface area contributed by atoms with Gasteiger partial charge in [-0.15, -0.1) is 0 Å². The van der Waals surface area contributed by atoms with Crippen molar-refractivity contribution in [3.05, 3.63) is 48.1 Å². The predicted octanol–water partition coefficient (Wildman–Crippen LogP) is 3.49. The van der Waals surface area contributed by atoms with Gasteiger partial charge in [0.2, 0.25) is 15.9 Å². The summed E-state index contributed by atoms with van der Waals surface area (Å²) in [6.45, 7) is 5.74. The number of benzene rings is 1. The molecule has 1 saturated heterocycles. The summed E-state index contributed by atoms with van der Waals surface area (Å²) in [7, 11) is -2.27. The summed E-state index contributed by atoms with van der Waals surface area (Å²) in [5, 5.41) is 2.99. The maximum atomic E-state index is 14.2. The van der Waals surface area contributed by atoms with Gasteiger partial charge in [-0.25, -0.2) is 18.4 Å². The largest absolute Gasteiger partial charge is 0.496 e. The standard InChI is InChI=1S/C36H43N5O9S/c1-20-30(47-4)13-12-26-31(16-27(38-32(20)26)28-19-49-22(3)37-28)50-24-15-29-33(42)39-36(35(44)40-51(45,46)25-10-11-25)17-23(36)9-7-5-6-8-14-48-21(2)34(43)41(29)18-24/h7,9,12-13,16,19,21,23-25,29H,5-6,8,10-11,14-15,17-18H2,1-4H3,(H,39,42)(H,40,44)/b9-7-/t21-,23-,24-,29+,36-/m1/s1. The van der Waals surface area contributed by atoms with E-state index in [1.54, 1.807) is 27.0 Å². The monoisotopic (exact) mass is 721 g/mol. The fraction of sp³-hybridized carbons (Fsp3) is 0.528. The Morgan fingerprint density at radius 1 is 1.12 bits per heavy atom. The summed E-state index contributed by atoms with van der Waals surface area (Å²) in [6, 6.07) is 4.43. The van der Waals surface area contributed by atoms with Crippen LogP contribution in [0.25, 0.3) is 22.3 Å². The third-order valence-corrected chi connectivity index (χ3v) is 12.0. The fourth-order valence-corrected chi connectivity index (χ4v) is 8.39. The fourth-order valence-electron chi connectivity index (χ4n) is 7.02. The highest BCUT2D eigenvalue weighted by Gasteiger charge is 2.62.